The van der Waals surface area contributed by atoms with Crippen LogP contribution in [0.5, 0.6) is 5.75 Å². The van der Waals surface area contributed by atoms with E-state index in [2.05, 4.69) is 4.98 Å². The third-order valence-electron chi connectivity index (χ3n) is 7.73. The number of nitrogens with zero attached hydrogens (tertiary/aromatic N) is 1. The lowest BCUT2D eigenvalue weighted by Crippen LogP contribution is -2.65. The maximum atomic E-state index is 13.8. The first-order valence-corrected chi connectivity index (χ1v) is 11.6. The summed E-state index contributed by atoms with van der Waals surface area (Å²) in [5.74, 6) is -7.02. The molecule has 0 bridgehead atoms. The molecule has 5 rings (SSSR count). The lowest BCUT2D eigenvalue weighted by molar-refractivity contribution is -0.153. The van der Waals surface area contributed by atoms with Crippen LogP contribution in [0.25, 0.3) is 17.0 Å². The summed E-state index contributed by atoms with van der Waals surface area (Å²) in [5.41, 5.74) is 3.52. The molecule has 0 aliphatic heterocycles. The maximum absolute atomic E-state index is 13.8. The number of benzene rings is 1. The van der Waals surface area contributed by atoms with Gasteiger partial charge in [-0.2, -0.15) is 0 Å². The van der Waals surface area contributed by atoms with Gasteiger partial charge in [0.15, 0.2) is 17.7 Å². The van der Waals surface area contributed by atoms with E-state index in [1.807, 2.05) is 0 Å². The first-order chi connectivity index (χ1) is 17.4. The number of rotatable bonds is 4. The van der Waals surface area contributed by atoms with Crippen molar-refractivity contribution in [1.29, 1.82) is 0 Å². The molecule has 11 nitrogen and oxygen atoms in total. The van der Waals surface area contributed by atoms with Gasteiger partial charge in [0.05, 0.1) is 17.3 Å². The van der Waals surface area contributed by atoms with Crippen molar-refractivity contribution in [3.63, 3.8) is 0 Å². The number of primary amides is 1. The number of hydrogen-bond donors (Lipinski definition) is 6. The van der Waals surface area contributed by atoms with Crippen LogP contribution in [-0.4, -0.2) is 79.8 Å². The Hall–Kier alpha value is -4.22. The molecule has 192 valence electrons. The van der Waals surface area contributed by atoms with Gasteiger partial charge in [-0.05, 0) is 62.7 Å². The maximum Gasteiger partial charge on any atom is 0.255 e. The molecule has 1 amide bonds. The fourth-order valence-electron chi connectivity index (χ4n) is 6.13. The van der Waals surface area contributed by atoms with Gasteiger partial charge in [0.2, 0.25) is 5.78 Å². The molecule has 7 N–H and O–H groups in total. The second kappa shape index (κ2) is 8.15. The SMILES string of the molecule is CN(C)[C@@H]1C(=O)C(C(N)=O)=C(O)[C@@]2(O)C(=O)C3=C(O)c4c(O)ccc(-c5ccc(C=O)[nH]5)c4C[C@H]3C[C@@H]12. The number of hydrogen-bond acceptors (Lipinski definition) is 9. The number of nitrogens with two attached hydrogens (primary N) is 1. The van der Waals surface area contributed by atoms with Crippen LogP contribution in [0.1, 0.15) is 28.0 Å². The van der Waals surface area contributed by atoms with Crippen molar-refractivity contribution in [3.05, 3.63) is 58.0 Å². The second-order valence-corrected chi connectivity index (χ2v) is 9.89. The van der Waals surface area contributed by atoms with Crippen LogP contribution >= 0.6 is 0 Å². The third-order valence-corrected chi connectivity index (χ3v) is 7.73. The quantitative estimate of drug-likeness (QED) is 0.256. The molecule has 0 saturated heterocycles. The zero-order chi connectivity index (χ0) is 27.0. The standard InChI is InChI=1S/C26H25N3O8/c1-29(2)20-14-8-10-7-13-12(15-5-3-11(9-30)28-15)4-6-16(31)18(13)21(32)17(10)23(34)26(14,37)24(35)19(22(20)33)25(27)36/h3-6,9-10,14,20,28,31-32,35,37H,7-8H2,1-2H3,(H2,27,36)/t10-,14-,20-,26-/m0/s1. The lowest BCUT2D eigenvalue weighted by Gasteiger charge is -2.50. The summed E-state index contributed by atoms with van der Waals surface area (Å²) in [6.45, 7) is 0. The Morgan fingerprint density at radius 2 is 1.86 bits per heavy atom. The van der Waals surface area contributed by atoms with Crippen molar-refractivity contribution in [2.24, 2.45) is 17.6 Å². The molecule has 1 aromatic carbocycles. The van der Waals surface area contributed by atoms with Crippen molar-refractivity contribution in [1.82, 2.24) is 9.88 Å². The molecule has 3 aliphatic rings. The number of aldehydes is 1. The van der Waals surface area contributed by atoms with E-state index in [-0.39, 0.29) is 29.7 Å². The number of amides is 1. The Kier molecular flexibility index (Phi) is 5.39. The molecule has 0 unspecified atom stereocenters. The highest BCUT2D eigenvalue weighted by atomic mass is 16.3. The van der Waals surface area contributed by atoms with Crippen LogP contribution in [-0.2, 0) is 20.8 Å². The number of ketones is 2. The zero-order valence-corrected chi connectivity index (χ0v) is 20.0. The van der Waals surface area contributed by atoms with Gasteiger partial charge < -0.3 is 31.1 Å². The van der Waals surface area contributed by atoms with E-state index >= 15 is 0 Å². The topological polar surface area (TPSA) is 194 Å². The number of aromatic amines is 1. The number of aromatic hydroxyl groups is 1. The summed E-state index contributed by atoms with van der Waals surface area (Å²) in [4.78, 5) is 54.6. The van der Waals surface area contributed by atoms with E-state index in [9.17, 15) is 39.6 Å². The molecule has 1 fully saturated rings. The Labute approximate surface area is 210 Å². The van der Waals surface area contributed by atoms with Gasteiger partial charge in [-0.25, -0.2) is 0 Å². The molecular weight excluding hydrogens is 482 g/mol. The predicted molar refractivity (Wildman–Crippen MR) is 129 cm³/mol. The van der Waals surface area contributed by atoms with Crippen molar-refractivity contribution in [2.75, 3.05) is 14.1 Å². The number of nitrogens with one attached hydrogen (secondary N) is 1. The van der Waals surface area contributed by atoms with Gasteiger partial charge in [0.1, 0.15) is 22.8 Å². The molecular formula is C26H25N3O8. The van der Waals surface area contributed by atoms with Gasteiger partial charge >= 0.3 is 0 Å². The van der Waals surface area contributed by atoms with E-state index < -0.39 is 58.0 Å². The predicted octanol–water partition coefficient (Wildman–Crippen LogP) is 0.772. The fraction of sp³-hybridized carbons (Fsp3) is 0.308. The Morgan fingerprint density at radius 3 is 2.46 bits per heavy atom. The minimum atomic E-state index is -2.68. The number of carbonyl (C=O) groups is 4. The second-order valence-electron chi connectivity index (χ2n) is 9.89. The number of Topliss-reactive ketones (excluding diaryl/α,β-unsaturated/α-hetero) is 2. The van der Waals surface area contributed by atoms with Crippen molar-refractivity contribution < 1.29 is 39.6 Å². The van der Waals surface area contributed by atoms with Gasteiger partial charge in [-0.15, -0.1) is 0 Å². The van der Waals surface area contributed by atoms with E-state index in [0.717, 1.165) is 0 Å². The van der Waals surface area contributed by atoms with Crippen molar-refractivity contribution >= 4 is 29.5 Å². The number of phenolic OH excluding ortho intramolecular Hbond substituents is 1. The van der Waals surface area contributed by atoms with Gasteiger partial charge in [0, 0.05) is 22.7 Å². The average molecular weight is 507 g/mol. The summed E-state index contributed by atoms with van der Waals surface area (Å²) in [6, 6.07) is 5.06. The molecule has 2 aromatic rings. The van der Waals surface area contributed by atoms with Gasteiger partial charge in [-0.1, -0.05) is 0 Å². The summed E-state index contributed by atoms with van der Waals surface area (Å²) < 4.78 is 0. The summed E-state index contributed by atoms with van der Waals surface area (Å²) in [5, 5.41) is 44.4. The normalized spacial score (nSPS) is 27.2. The molecule has 37 heavy (non-hydrogen) atoms. The van der Waals surface area contributed by atoms with Gasteiger partial charge in [-0.3, -0.25) is 24.1 Å². The number of H-pyrrole nitrogens is 1. The smallest absolute Gasteiger partial charge is 0.255 e. The minimum Gasteiger partial charge on any atom is -0.508 e. The largest absolute Gasteiger partial charge is 0.508 e. The van der Waals surface area contributed by atoms with Crippen LogP contribution in [0.2, 0.25) is 0 Å². The number of phenols is 1. The molecule has 11 heteroatoms. The van der Waals surface area contributed by atoms with Crippen LogP contribution < -0.4 is 5.73 Å². The molecule has 1 aromatic heterocycles. The number of aliphatic hydroxyl groups excluding tert-OH is 2. The fourth-order valence-corrected chi connectivity index (χ4v) is 6.13. The van der Waals surface area contributed by atoms with Crippen LogP contribution in [0, 0.1) is 11.8 Å². The number of likely N-dealkylation sites (N-methyl/N-ethyl adjacent to an activating group) is 1. The zero-order valence-electron chi connectivity index (χ0n) is 20.0. The highest BCUT2D eigenvalue weighted by Gasteiger charge is 2.64. The molecule has 1 saturated carbocycles. The summed E-state index contributed by atoms with van der Waals surface area (Å²) in [6.07, 6.45) is 0.785. The summed E-state index contributed by atoms with van der Waals surface area (Å²) >= 11 is 0. The molecule has 0 radical (unpaired) electrons. The van der Waals surface area contributed by atoms with E-state index in [1.165, 1.54) is 11.0 Å². The average Bonchev–Trinajstić information content (AvgIpc) is 3.30. The molecule has 3 aliphatic carbocycles. The lowest BCUT2D eigenvalue weighted by atomic mass is 9.57. The van der Waals surface area contributed by atoms with Crippen molar-refractivity contribution in [2.45, 2.75) is 24.5 Å². The molecule has 0 spiro atoms. The number of fused-ring (bicyclic) bond motifs is 3. The molecule has 4 atom stereocenters. The van der Waals surface area contributed by atoms with E-state index in [4.69, 9.17) is 5.73 Å². The van der Waals surface area contributed by atoms with E-state index in [0.29, 0.717) is 28.8 Å². The van der Waals surface area contributed by atoms with Crippen LogP contribution in [0.15, 0.2) is 41.2 Å². The first kappa shape index (κ1) is 24.5. The third kappa shape index (κ3) is 3.20. The molecule has 1 heterocycles. The number of carbonyl (C=O) groups excluding carboxylic acids is 4. The Balaban J connectivity index is 1.74. The highest BCUT2D eigenvalue weighted by molar-refractivity contribution is 6.24. The highest BCUT2D eigenvalue weighted by Crippen LogP contribution is 2.53. The minimum absolute atomic E-state index is 0.00876. The Bertz CT molecular complexity index is 1470. The number of aromatic nitrogens is 1. The van der Waals surface area contributed by atoms with Crippen molar-refractivity contribution in [3.8, 4) is 17.0 Å². The van der Waals surface area contributed by atoms with Gasteiger partial charge in [0.25, 0.3) is 5.91 Å². The summed E-state index contributed by atoms with van der Waals surface area (Å²) in [7, 11) is 3.08. The Morgan fingerprint density at radius 1 is 1.16 bits per heavy atom. The van der Waals surface area contributed by atoms with Crippen LogP contribution in [0.4, 0.5) is 0 Å². The number of aliphatic hydroxyl groups is 3. The monoisotopic (exact) mass is 507 g/mol. The van der Waals surface area contributed by atoms with E-state index in [1.54, 1.807) is 32.3 Å². The van der Waals surface area contributed by atoms with Crippen LogP contribution in [0.3, 0.4) is 0 Å². The first-order valence-electron chi connectivity index (χ1n) is 11.6.